The molecule has 3 aromatic rings. The van der Waals surface area contributed by atoms with E-state index < -0.39 is 5.82 Å². The van der Waals surface area contributed by atoms with Gasteiger partial charge in [-0.1, -0.05) is 18.2 Å². The van der Waals surface area contributed by atoms with Crippen molar-refractivity contribution >= 4 is 21.8 Å². The first-order valence-electron chi connectivity index (χ1n) is 8.63. The standard InChI is InChI=1S/C21H14BrF2N3O/c22-20-18(12-1-4-15(23)5-2-12)19-17(7-8-26-21(19)28)27(20)11-13-3-6-16(24)9-14(13)10-25/h1-6,9H,7-8,11H2,(H,26,28). The number of carbonyl (C=O) groups excluding carboxylic acids is 1. The van der Waals surface area contributed by atoms with Crippen LogP contribution in [-0.2, 0) is 13.0 Å². The van der Waals surface area contributed by atoms with Crippen LogP contribution in [0.15, 0.2) is 47.1 Å². The number of nitriles is 1. The van der Waals surface area contributed by atoms with Crippen molar-refractivity contribution in [2.75, 3.05) is 6.54 Å². The third-order valence-electron chi connectivity index (χ3n) is 4.84. The fraction of sp³-hybridized carbons (Fsp3) is 0.143. The van der Waals surface area contributed by atoms with E-state index in [0.717, 1.165) is 5.69 Å². The minimum absolute atomic E-state index is 0.195. The molecule has 1 aliphatic rings. The Hall–Kier alpha value is -2.98. The van der Waals surface area contributed by atoms with Gasteiger partial charge < -0.3 is 9.88 Å². The van der Waals surface area contributed by atoms with Gasteiger partial charge in [-0.2, -0.15) is 5.26 Å². The number of benzene rings is 2. The summed E-state index contributed by atoms with van der Waals surface area (Å²) in [6.07, 6.45) is 0.615. The normalized spacial score (nSPS) is 13.0. The number of aromatic nitrogens is 1. The van der Waals surface area contributed by atoms with Crippen LogP contribution in [0.5, 0.6) is 0 Å². The van der Waals surface area contributed by atoms with Crippen molar-refractivity contribution in [3.8, 4) is 17.2 Å². The van der Waals surface area contributed by atoms with E-state index in [0.29, 0.717) is 46.4 Å². The summed E-state index contributed by atoms with van der Waals surface area (Å²) in [6, 6.07) is 12.1. The molecule has 7 heteroatoms. The van der Waals surface area contributed by atoms with Crippen molar-refractivity contribution < 1.29 is 13.6 Å². The third kappa shape index (κ3) is 3.10. The average Bonchev–Trinajstić information content (AvgIpc) is 2.97. The van der Waals surface area contributed by atoms with Crippen LogP contribution in [-0.4, -0.2) is 17.0 Å². The molecule has 1 aliphatic heterocycles. The zero-order valence-electron chi connectivity index (χ0n) is 14.6. The molecule has 1 amide bonds. The van der Waals surface area contributed by atoms with Gasteiger partial charge >= 0.3 is 0 Å². The molecule has 0 bridgehead atoms. The first-order valence-corrected chi connectivity index (χ1v) is 9.42. The number of amides is 1. The average molecular weight is 442 g/mol. The Morgan fingerprint density at radius 2 is 1.82 bits per heavy atom. The van der Waals surface area contributed by atoms with Crippen LogP contribution < -0.4 is 5.32 Å². The molecule has 0 aliphatic carbocycles. The molecule has 4 nitrogen and oxygen atoms in total. The van der Waals surface area contributed by atoms with Crippen LogP contribution in [0.3, 0.4) is 0 Å². The molecular formula is C21H14BrF2N3O. The molecule has 0 radical (unpaired) electrons. The van der Waals surface area contributed by atoms with Gasteiger partial charge in [0.05, 0.1) is 21.8 Å². The number of hydrogen-bond donors (Lipinski definition) is 1. The highest BCUT2D eigenvalue weighted by atomic mass is 79.9. The van der Waals surface area contributed by atoms with Crippen molar-refractivity contribution in [3.63, 3.8) is 0 Å². The van der Waals surface area contributed by atoms with Crippen molar-refractivity contribution in [2.24, 2.45) is 0 Å². The summed E-state index contributed by atoms with van der Waals surface area (Å²) < 4.78 is 29.4. The van der Waals surface area contributed by atoms with E-state index >= 15 is 0 Å². The number of halogens is 3. The fourth-order valence-corrected chi connectivity index (χ4v) is 4.30. The number of nitrogens with zero attached hydrogens (tertiary/aromatic N) is 2. The molecule has 4 rings (SSSR count). The molecule has 2 aromatic carbocycles. The van der Waals surface area contributed by atoms with E-state index in [1.165, 1.54) is 24.3 Å². The minimum Gasteiger partial charge on any atom is -0.352 e. The molecule has 1 aromatic heterocycles. The Morgan fingerprint density at radius 3 is 2.54 bits per heavy atom. The summed E-state index contributed by atoms with van der Waals surface area (Å²) in [5, 5.41) is 12.2. The molecule has 2 heterocycles. The molecule has 0 saturated heterocycles. The number of carbonyl (C=O) groups is 1. The molecular weight excluding hydrogens is 428 g/mol. The zero-order valence-corrected chi connectivity index (χ0v) is 16.2. The van der Waals surface area contributed by atoms with Crippen LogP contribution in [0.2, 0.25) is 0 Å². The van der Waals surface area contributed by atoms with E-state index in [1.807, 2.05) is 10.6 Å². The van der Waals surface area contributed by atoms with Gasteiger partial charge in [-0.05, 0) is 51.3 Å². The summed E-state index contributed by atoms with van der Waals surface area (Å²) in [5.74, 6) is -1.03. The topological polar surface area (TPSA) is 57.8 Å². The highest BCUT2D eigenvalue weighted by Gasteiger charge is 2.29. The molecule has 0 saturated carbocycles. The molecule has 0 fully saturated rings. The van der Waals surface area contributed by atoms with Gasteiger partial charge in [0, 0.05) is 30.8 Å². The van der Waals surface area contributed by atoms with Crippen molar-refractivity contribution in [1.82, 2.24) is 9.88 Å². The lowest BCUT2D eigenvalue weighted by atomic mass is 9.99. The number of nitrogens with one attached hydrogen (secondary N) is 1. The van der Waals surface area contributed by atoms with Crippen LogP contribution in [0.4, 0.5) is 8.78 Å². The maximum atomic E-state index is 13.5. The van der Waals surface area contributed by atoms with Gasteiger partial charge in [-0.3, -0.25) is 4.79 Å². The summed E-state index contributed by atoms with van der Waals surface area (Å²) in [5.41, 5.74) is 3.64. The van der Waals surface area contributed by atoms with Crippen molar-refractivity contribution in [2.45, 2.75) is 13.0 Å². The highest BCUT2D eigenvalue weighted by Crippen LogP contribution is 2.38. The van der Waals surface area contributed by atoms with E-state index in [2.05, 4.69) is 21.2 Å². The molecule has 0 atom stereocenters. The monoisotopic (exact) mass is 441 g/mol. The summed E-state index contributed by atoms with van der Waals surface area (Å²) in [7, 11) is 0. The van der Waals surface area contributed by atoms with E-state index in [1.54, 1.807) is 18.2 Å². The maximum absolute atomic E-state index is 13.5. The molecule has 1 N–H and O–H groups in total. The van der Waals surface area contributed by atoms with Gasteiger partial charge in [0.15, 0.2) is 0 Å². The highest BCUT2D eigenvalue weighted by molar-refractivity contribution is 9.10. The fourth-order valence-electron chi connectivity index (χ4n) is 3.53. The summed E-state index contributed by atoms with van der Waals surface area (Å²) in [4.78, 5) is 12.6. The maximum Gasteiger partial charge on any atom is 0.253 e. The number of fused-ring (bicyclic) bond motifs is 1. The van der Waals surface area contributed by atoms with E-state index in [9.17, 15) is 18.8 Å². The first-order chi connectivity index (χ1) is 13.5. The molecule has 0 spiro atoms. The van der Waals surface area contributed by atoms with Gasteiger partial charge in [0.25, 0.3) is 5.91 Å². The Balaban J connectivity index is 1.90. The zero-order chi connectivity index (χ0) is 19.8. The van der Waals surface area contributed by atoms with E-state index in [4.69, 9.17) is 0 Å². The smallest absolute Gasteiger partial charge is 0.253 e. The molecule has 140 valence electrons. The lowest BCUT2D eigenvalue weighted by molar-refractivity contribution is 0.0946. The molecule has 0 unspecified atom stereocenters. The quantitative estimate of drug-likeness (QED) is 0.654. The van der Waals surface area contributed by atoms with Crippen molar-refractivity contribution in [1.29, 1.82) is 5.26 Å². The summed E-state index contributed by atoms with van der Waals surface area (Å²) in [6.45, 7) is 0.806. The number of rotatable bonds is 3. The number of hydrogen-bond acceptors (Lipinski definition) is 2. The Bertz CT molecular complexity index is 1130. The van der Waals surface area contributed by atoms with Crippen LogP contribution in [0, 0.1) is 23.0 Å². The van der Waals surface area contributed by atoms with Crippen molar-refractivity contribution in [3.05, 3.63) is 81.1 Å². The second-order valence-corrected chi connectivity index (χ2v) is 7.25. The Morgan fingerprint density at radius 1 is 1.11 bits per heavy atom. The van der Waals surface area contributed by atoms with Gasteiger partial charge in [0.1, 0.15) is 11.6 Å². The first kappa shape index (κ1) is 18.4. The summed E-state index contributed by atoms with van der Waals surface area (Å²) >= 11 is 3.60. The minimum atomic E-state index is -0.472. The second kappa shape index (κ2) is 7.21. The lowest BCUT2D eigenvalue weighted by Gasteiger charge is -2.17. The second-order valence-electron chi connectivity index (χ2n) is 6.50. The van der Waals surface area contributed by atoms with Gasteiger partial charge in [-0.15, -0.1) is 0 Å². The largest absolute Gasteiger partial charge is 0.352 e. The van der Waals surface area contributed by atoms with Gasteiger partial charge in [-0.25, -0.2) is 8.78 Å². The predicted molar refractivity (Wildman–Crippen MR) is 104 cm³/mol. The van der Waals surface area contributed by atoms with Crippen LogP contribution in [0.1, 0.15) is 27.2 Å². The SMILES string of the molecule is N#Cc1cc(F)ccc1Cn1c(Br)c(-c2ccc(F)cc2)c2c1CCNC2=O. The predicted octanol–water partition coefficient (Wildman–Crippen LogP) is 4.40. The Labute approximate surface area is 168 Å². The third-order valence-corrected chi connectivity index (χ3v) is 5.66. The van der Waals surface area contributed by atoms with E-state index in [-0.39, 0.29) is 17.3 Å². The molecule has 28 heavy (non-hydrogen) atoms. The van der Waals surface area contributed by atoms with Crippen LogP contribution >= 0.6 is 15.9 Å². The van der Waals surface area contributed by atoms with Crippen LogP contribution in [0.25, 0.3) is 11.1 Å². The van der Waals surface area contributed by atoms with Gasteiger partial charge in [0.2, 0.25) is 0 Å². The lowest BCUT2D eigenvalue weighted by Crippen LogP contribution is -2.32. The Kier molecular flexibility index (Phi) is 4.73.